The topological polar surface area (TPSA) is 63.4 Å². The Morgan fingerprint density at radius 2 is 2.00 bits per heavy atom. The smallest absolute Gasteiger partial charge is 0.243 e. The fourth-order valence-electron chi connectivity index (χ4n) is 1.74. The Morgan fingerprint density at radius 1 is 1.39 bits per heavy atom. The van der Waals surface area contributed by atoms with Crippen LogP contribution < -0.4 is 5.73 Å². The van der Waals surface area contributed by atoms with E-state index in [4.69, 9.17) is 5.73 Å². The molecule has 1 atom stereocenters. The van der Waals surface area contributed by atoms with Crippen molar-refractivity contribution >= 4 is 15.7 Å². The van der Waals surface area contributed by atoms with E-state index in [1.165, 1.54) is 10.4 Å². The minimum absolute atomic E-state index is 0.0311. The van der Waals surface area contributed by atoms with Crippen molar-refractivity contribution in [2.45, 2.75) is 38.1 Å². The molecule has 1 aromatic rings. The van der Waals surface area contributed by atoms with Gasteiger partial charge in [0.15, 0.2) is 0 Å². The molecule has 0 aliphatic rings. The summed E-state index contributed by atoms with van der Waals surface area (Å²) in [6.45, 7) is 5.90. The lowest BCUT2D eigenvalue weighted by molar-refractivity contribution is 0.342. The maximum Gasteiger partial charge on any atom is 0.243 e. The van der Waals surface area contributed by atoms with Crippen LogP contribution in [0, 0.1) is 5.82 Å². The average molecular weight is 274 g/mol. The van der Waals surface area contributed by atoms with Gasteiger partial charge in [0.05, 0.1) is 10.6 Å². The third-order valence-corrected chi connectivity index (χ3v) is 5.05. The zero-order valence-corrected chi connectivity index (χ0v) is 11.7. The molecule has 0 radical (unpaired) electrons. The lowest BCUT2D eigenvalue weighted by Gasteiger charge is -2.26. The van der Waals surface area contributed by atoms with Gasteiger partial charge in [-0.15, -0.1) is 0 Å². The molecule has 4 nitrogen and oxygen atoms in total. The average Bonchev–Trinajstić information content (AvgIpc) is 2.32. The van der Waals surface area contributed by atoms with Crippen molar-refractivity contribution in [2.24, 2.45) is 0 Å². The molecule has 0 amide bonds. The number of halogens is 1. The highest BCUT2D eigenvalue weighted by molar-refractivity contribution is 7.89. The van der Waals surface area contributed by atoms with Crippen LogP contribution in [0.5, 0.6) is 0 Å². The number of benzene rings is 1. The number of hydrogen-bond donors (Lipinski definition) is 1. The van der Waals surface area contributed by atoms with Crippen molar-refractivity contribution in [3.8, 4) is 0 Å². The Balaban J connectivity index is 3.23. The van der Waals surface area contributed by atoms with Crippen LogP contribution in [0.2, 0.25) is 0 Å². The van der Waals surface area contributed by atoms with Gasteiger partial charge < -0.3 is 5.73 Å². The molecule has 0 fully saturated rings. The molecule has 0 heterocycles. The first kappa shape index (κ1) is 14.9. The van der Waals surface area contributed by atoms with Gasteiger partial charge in [0.2, 0.25) is 10.0 Å². The molecule has 6 heteroatoms. The minimum Gasteiger partial charge on any atom is -0.396 e. The normalized spacial score (nSPS) is 13.8. The maximum absolute atomic E-state index is 13.1. The number of nitrogens with two attached hydrogens (primary N) is 1. The lowest BCUT2D eigenvalue weighted by Crippen LogP contribution is -2.38. The van der Waals surface area contributed by atoms with Crippen LogP contribution in [0.4, 0.5) is 10.1 Å². The van der Waals surface area contributed by atoms with E-state index in [-0.39, 0.29) is 16.6 Å². The van der Waals surface area contributed by atoms with Crippen molar-refractivity contribution in [1.29, 1.82) is 0 Å². The molecule has 0 saturated heterocycles. The van der Waals surface area contributed by atoms with E-state index < -0.39 is 15.8 Å². The number of hydrogen-bond acceptors (Lipinski definition) is 3. The first-order chi connectivity index (χ1) is 8.34. The van der Waals surface area contributed by atoms with Crippen molar-refractivity contribution in [3.63, 3.8) is 0 Å². The number of nitrogen functional groups attached to an aromatic ring is 1. The second kappa shape index (κ2) is 5.67. The van der Waals surface area contributed by atoms with E-state index in [1.807, 2.05) is 13.8 Å². The van der Waals surface area contributed by atoms with E-state index in [2.05, 4.69) is 0 Å². The molecule has 1 unspecified atom stereocenters. The summed E-state index contributed by atoms with van der Waals surface area (Å²) in [5.41, 5.74) is 5.25. The first-order valence-electron chi connectivity index (χ1n) is 5.91. The molecular weight excluding hydrogens is 255 g/mol. The van der Waals surface area contributed by atoms with Gasteiger partial charge in [0.25, 0.3) is 0 Å². The molecule has 0 aliphatic carbocycles. The van der Waals surface area contributed by atoms with Crippen molar-refractivity contribution in [1.82, 2.24) is 4.31 Å². The molecule has 0 aliphatic heterocycles. The molecule has 18 heavy (non-hydrogen) atoms. The Kier molecular flexibility index (Phi) is 4.70. The zero-order chi connectivity index (χ0) is 13.9. The summed E-state index contributed by atoms with van der Waals surface area (Å²) in [4.78, 5) is 0.0311. The van der Waals surface area contributed by atoms with Gasteiger partial charge >= 0.3 is 0 Å². The SMILES string of the molecule is CCC(C)N(CC)S(=O)(=O)c1ccc(F)c(N)c1. The predicted octanol–water partition coefficient (Wildman–Crippen LogP) is 2.22. The van der Waals surface area contributed by atoms with Crippen LogP contribution in [0.15, 0.2) is 23.1 Å². The fourth-order valence-corrected chi connectivity index (χ4v) is 3.49. The van der Waals surface area contributed by atoms with E-state index >= 15 is 0 Å². The summed E-state index contributed by atoms with van der Waals surface area (Å²) in [6, 6.07) is 3.38. The summed E-state index contributed by atoms with van der Waals surface area (Å²) in [6.07, 6.45) is 0.712. The van der Waals surface area contributed by atoms with Gasteiger partial charge in [-0.1, -0.05) is 13.8 Å². The summed E-state index contributed by atoms with van der Waals surface area (Å²) in [7, 11) is -3.62. The van der Waals surface area contributed by atoms with Crippen LogP contribution in [-0.2, 0) is 10.0 Å². The van der Waals surface area contributed by atoms with E-state index in [9.17, 15) is 12.8 Å². The molecule has 0 bridgehead atoms. The number of anilines is 1. The fraction of sp³-hybridized carbons (Fsp3) is 0.500. The molecule has 2 N–H and O–H groups in total. The van der Waals surface area contributed by atoms with E-state index in [0.29, 0.717) is 13.0 Å². The molecule has 0 aromatic heterocycles. The standard InChI is InChI=1S/C12H19FN2O2S/c1-4-9(3)15(5-2)18(16,17)10-6-7-11(13)12(14)8-10/h6-9H,4-5,14H2,1-3H3. The molecule has 102 valence electrons. The van der Waals surface area contributed by atoms with Crippen LogP contribution in [0.1, 0.15) is 27.2 Å². The third-order valence-electron chi connectivity index (χ3n) is 2.97. The summed E-state index contributed by atoms with van der Waals surface area (Å²) >= 11 is 0. The highest BCUT2D eigenvalue weighted by Crippen LogP contribution is 2.22. The zero-order valence-electron chi connectivity index (χ0n) is 10.9. The number of sulfonamides is 1. The Labute approximate surface area is 108 Å². The Morgan fingerprint density at radius 3 is 2.44 bits per heavy atom. The van der Waals surface area contributed by atoms with Crippen LogP contribution >= 0.6 is 0 Å². The number of rotatable bonds is 5. The second-order valence-electron chi connectivity index (χ2n) is 4.15. The van der Waals surface area contributed by atoms with Crippen LogP contribution in [0.3, 0.4) is 0 Å². The largest absolute Gasteiger partial charge is 0.396 e. The van der Waals surface area contributed by atoms with Crippen molar-refractivity contribution in [3.05, 3.63) is 24.0 Å². The van der Waals surface area contributed by atoms with Gasteiger partial charge in [0, 0.05) is 12.6 Å². The summed E-state index contributed by atoms with van der Waals surface area (Å²) in [5, 5.41) is 0. The predicted molar refractivity (Wildman–Crippen MR) is 70.1 cm³/mol. The van der Waals surface area contributed by atoms with Gasteiger partial charge in [0.1, 0.15) is 5.82 Å². The lowest BCUT2D eigenvalue weighted by atomic mass is 10.3. The van der Waals surface area contributed by atoms with Gasteiger partial charge in [-0.2, -0.15) is 4.31 Å². The molecule has 0 saturated carbocycles. The monoisotopic (exact) mass is 274 g/mol. The number of nitrogens with zero attached hydrogens (tertiary/aromatic N) is 1. The third kappa shape index (κ3) is 2.81. The maximum atomic E-state index is 13.1. The quantitative estimate of drug-likeness (QED) is 0.837. The van der Waals surface area contributed by atoms with Gasteiger partial charge in [-0.25, -0.2) is 12.8 Å². The molecule has 0 spiro atoms. The van der Waals surface area contributed by atoms with Crippen LogP contribution in [-0.4, -0.2) is 25.3 Å². The van der Waals surface area contributed by atoms with Crippen molar-refractivity contribution < 1.29 is 12.8 Å². The molecule has 1 aromatic carbocycles. The van der Waals surface area contributed by atoms with Gasteiger partial charge in [-0.05, 0) is 31.5 Å². The van der Waals surface area contributed by atoms with E-state index in [0.717, 1.165) is 12.1 Å². The Hall–Kier alpha value is -1.14. The first-order valence-corrected chi connectivity index (χ1v) is 7.35. The van der Waals surface area contributed by atoms with Crippen molar-refractivity contribution in [2.75, 3.05) is 12.3 Å². The summed E-state index contributed by atoms with van der Waals surface area (Å²) < 4.78 is 39.2. The Bertz CT molecular complexity index is 517. The highest BCUT2D eigenvalue weighted by atomic mass is 32.2. The minimum atomic E-state index is -3.62. The van der Waals surface area contributed by atoms with E-state index in [1.54, 1.807) is 6.92 Å². The van der Waals surface area contributed by atoms with Gasteiger partial charge in [-0.3, -0.25) is 0 Å². The molecule has 1 rings (SSSR count). The highest BCUT2D eigenvalue weighted by Gasteiger charge is 2.27. The second-order valence-corrected chi connectivity index (χ2v) is 6.04. The van der Waals surface area contributed by atoms with Crippen LogP contribution in [0.25, 0.3) is 0 Å². The molecular formula is C12H19FN2O2S. The summed E-state index contributed by atoms with van der Waals surface area (Å²) in [5.74, 6) is -0.611.